The summed E-state index contributed by atoms with van der Waals surface area (Å²) in [5, 5.41) is 30.6. The second-order valence-electron chi connectivity index (χ2n) is 11.4. The number of aliphatic hydroxyl groups excluding tert-OH is 2. The van der Waals surface area contributed by atoms with Gasteiger partial charge in [0.1, 0.15) is 47.5 Å². The molecule has 0 bridgehead atoms. The zero-order valence-electron chi connectivity index (χ0n) is 25.7. The molecule has 5 rings (SSSR count). The molecule has 1 aliphatic rings. The van der Waals surface area contributed by atoms with Gasteiger partial charge >= 0.3 is 13.7 Å². The number of hydrogen-bond acceptors (Lipinski definition) is 11. The first-order chi connectivity index (χ1) is 21.5. The normalized spacial score (nSPS) is 23.8. The maximum atomic E-state index is 14.3. The summed E-state index contributed by atoms with van der Waals surface area (Å²) in [7, 11) is -4.33. The van der Waals surface area contributed by atoms with E-state index in [-0.39, 0.29) is 24.1 Å². The number of aliphatic hydroxyl groups is 2. The molecule has 5 N–H and O–H groups in total. The minimum absolute atomic E-state index is 0.207. The number of nitrogen functional groups attached to an aromatic ring is 1. The highest BCUT2D eigenvalue weighted by Gasteiger charge is 2.54. The molecule has 3 heterocycles. The molecule has 0 radical (unpaired) electrons. The minimum atomic E-state index is -4.33. The van der Waals surface area contributed by atoms with Gasteiger partial charge in [-0.3, -0.25) is 9.32 Å². The summed E-state index contributed by atoms with van der Waals surface area (Å²) in [4.78, 5) is 16.9. The molecule has 4 aromatic rings. The first kappa shape index (κ1) is 32.8. The minimum Gasteiger partial charge on any atom is -0.464 e. The van der Waals surface area contributed by atoms with E-state index in [1.165, 1.54) is 17.8 Å². The number of carbonyl (C=O) groups excluding carboxylic acids is 1. The van der Waals surface area contributed by atoms with Crippen molar-refractivity contribution < 1.29 is 38.1 Å². The molecule has 14 heteroatoms. The molecule has 0 spiro atoms. The second kappa shape index (κ2) is 13.4. The molecule has 6 atom stereocenters. The molecular weight excluding hydrogens is 601 g/mol. The average Bonchev–Trinajstić information content (AvgIpc) is 3.57. The van der Waals surface area contributed by atoms with Gasteiger partial charge in [0.05, 0.1) is 18.9 Å². The number of fused-ring (bicyclic) bond motifs is 2. The molecule has 0 aliphatic carbocycles. The third-order valence-corrected chi connectivity index (χ3v) is 9.98. The molecular formula is C31H40N5O8P. The number of hydrogen-bond donors (Lipinski definition) is 4. The molecule has 242 valence electrons. The molecule has 1 unspecified atom stereocenters. The number of nitrogens with one attached hydrogen (secondary N) is 1. The van der Waals surface area contributed by atoms with Crippen molar-refractivity contribution >= 4 is 35.8 Å². The number of carbonyl (C=O) groups is 1. The van der Waals surface area contributed by atoms with Crippen LogP contribution in [0, 0.1) is 5.92 Å². The van der Waals surface area contributed by atoms with Crippen molar-refractivity contribution in [2.45, 2.75) is 70.5 Å². The largest absolute Gasteiger partial charge is 0.464 e. The maximum Gasteiger partial charge on any atom is 0.459 e. The topological polar surface area (TPSA) is 180 Å². The van der Waals surface area contributed by atoms with E-state index in [9.17, 15) is 19.6 Å². The van der Waals surface area contributed by atoms with Crippen LogP contribution >= 0.6 is 7.75 Å². The van der Waals surface area contributed by atoms with Crippen LogP contribution in [-0.2, 0) is 29.0 Å². The van der Waals surface area contributed by atoms with Crippen molar-refractivity contribution in [1.29, 1.82) is 0 Å². The fourth-order valence-electron chi connectivity index (χ4n) is 5.46. The fourth-order valence-corrected chi connectivity index (χ4v) is 6.98. The van der Waals surface area contributed by atoms with Crippen molar-refractivity contribution in [3.63, 3.8) is 0 Å². The highest BCUT2D eigenvalue weighted by molar-refractivity contribution is 7.52. The molecule has 0 amide bonds. The molecule has 13 nitrogen and oxygen atoms in total. The van der Waals surface area contributed by atoms with E-state index in [2.05, 4.69) is 15.2 Å². The molecule has 1 saturated heterocycles. The summed E-state index contributed by atoms with van der Waals surface area (Å²) in [6.45, 7) is 6.92. The number of nitrogens with two attached hydrogens (primary N) is 1. The van der Waals surface area contributed by atoms with E-state index >= 15 is 0 Å². The van der Waals surface area contributed by atoms with Gasteiger partial charge in [-0.2, -0.15) is 10.2 Å². The van der Waals surface area contributed by atoms with Crippen LogP contribution in [-0.4, -0.2) is 68.3 Å². The number of ether oxygens (including phenoxy) is 2. The Labute approximate surface area is 261 Å². The quantitative estimate of drug-likeness (QED) is 0.122. The van der Waals surface area contributed by atoms with Gasteiger partial charge in [-0.1, -0.05) is 63.1 Å². The number of nitrogens with zero attached hydrogens (tertiary/aromatic N) is 3. The predicted octanol–water partition coefficient (Wildman–Crippen LogP) is 3.96. The summed E-state index contributed by atoms with van der Waals surface area (Å²) in [6.07, 6.45) is -1.01. The van der Waals surface area contributed by atoms with Gasteiger partial charge in [0.2, 0.25) is 0 Å². The van der Waals surface area contributed by atoms with Gasteiger partial charge in [0.25, 0.3) is 0 Å². The Bertz CT molecular complexity index is 1690. The average molecular weight is 642 g/mol. The van der Waals surface area contributed by atoms with Crippen molar-refractivity contribution in [1.82, 2.24) is 19.7 Å². The van der Waals surface area contributed by atoms with E-state index in [1.54, 1.807) is 31.2 Å². The zero-order valence-corrected chi connectivity index (χ0v) is 26.6. The number of rotatable bonds is 13. The van der Waals surface area contributed by atoms with E-state index < -0.39 is 50.3 Å². The summed E-state index contributed by atoms with van der Waals surface area (Å²) in [5.74, 6) is 0.0846. The van der Waals surface area contributed by atoms with E-state index in [0.717, 1.165) is 18.2 Å². The Balaban J connectivity index is 1.38. The lowest BCUT2D eigenvalue weighted by molar-refractivity contribution is -0.146. The standard InChI is InChI=1S/C31H40N5O8P/c1-5-20(6-2)16-41-30(39)19(3)35-45(40,44-24-13-9-11-21-10-7-8-12-22(21)24)42-17-25-27(37)28(38)31(4,43-25)26-15-14-23-29(32)33-18-34-36(23)26/h7-15,18-20,25,27-28,37-38H,5-6,16-17H2,1-4H3,(H,35,40)(H2,32,33,34)/t19-,25+,27+,28+,31-,45?/m0/s1. The third kappa shape index (κ3) is 6.69. The van der Waals surface area contributed by atoms with Gasteiger partial charge in [-0.25, -0.2) is 14.1 Å². The first-order valence-corrected chi connectivity index (χ1v) is 16.5. The molecule has 1 fully saturated rings. The Morgan fingerprint density at radius 2 is 1.89 bits per heavy atom. The third-order valence-electron chi connectivity index (χ3n) is 8.35. The van der Waals surface area contributed by atoms with Crippen LogP contribution < -0.4 is 15.3 Å². The SMILES string of the molecule is CCC(CC)COC(=O)[C@H](C)NP(=O)(OC[C@H]1O[C@@](C)(c2ccc3c(N)ncnn23)[C@H](O)[C@@H]1O)Oc1cccc2ccccc12. The lowest BCUT2D eigenvalue weighted by atomic mass is 9.93. The van der Waals surface area contributed by atoms with Gasteiger partial charge in [-0.05, 0) is 43.4 Å². The Hall–Kier alpha value is -3.58. The second-order valence-corrected chi connectivity index (χ2v) is 13.1. The van der Waals surface area contributed by atoms with Crippen LogP contribution in [0.1, 0.15) is 46.2 Å². The van der Waals surface area contributed by atoms with Gasteiger partial charge in [-0.15, -0.1) is 0 Å². The van der Waals surface area contributed by atoms with Crippen molar-refractivity contribution in [2.24, 2.45) is 5.92 Å². The van der Waals surface area contributed by atoms with Gasteiger partial charge < -0.3 is 29.9 Å². The first-order valence-electron chi connectivity index (χ1n) is 15.0. The van der Waals surface area contributed by atoms with E-state index in [1.807, 2.05) is 44.2 Å². The fraction of sp³-hybridized carbons (Fsp3) is 0.452. The van der Waals surface area contributed by atoms with Crippen molar-refractivity contribution in [2.75, 3.05) is 18.9 Å². The maximum absolute atomic E-state index is 14.3. The van der Waals surface area contributed by atoms with Crippen LogP contribution in [0.15, 0.2) is 60.9 Å². The van der Waals surface area contributed by atoms with Crippen molar-refractivity contribution in [3.8, 4) is 5.75 Å². The van der Waals surface area contributed by atoms with Crippen LogP contribution in [0.25, 0.3) is 16.3 Å². The summed E-state index contributed by atoms with van der Waals surface area (Å²) in [5.41, 5.74) is 5.45. The Morgan fingerprint density at radius 1 is 1.16 bits per heavy atom. The molecule has 45 heavy (non-hydrogen) atoms. The highest BCUT2D eigenvalue weighted by atomic mass is 31.2. The number of anilines is 1. The van der Waals surface area contributed by atoms with Crippen molar-refractivity contribution in [3.05, 3.63) is 66.6 Å². The predicted molar refractivity (Wildman–Crippen MR) is 167 cm³/mol. The Morgan fingerprint density at radius 3 is 2.64 bits per heavy atom. The molecule has 0 saturated carbocycles. The van der Waals surface area contributed by atoms with Crippen LogP contribution in [0.2, 0.25) is 0 Å². The van der Waals surface area contributed by atoms with Gasteiger partial charge in [0.15, 0.2) is 5.82 Å². The van der Waals surface area contributed by atoms with Crippen LogP contribution in [0.4, 0.5) is 5.82 Å². The zero-order chi connectivity index (χ0) is 32.4. The lowest BCUT2D eigenvalue weighted by Crippen LogP contribution is -2.40. The molecule has 2 aromatic carbocycles. The number of benzene rings is 2. The highest BCUT2D eigenvalue weighted by Crippen LogP contribution is 2.48. The van der Waals surface area contributed by atoms with E-state index in [4.69, 9.17) is 24.3 Å². The van der Waals surface area contributed by atoms with Crippen LogP contribution in [0.5, 0.6) is 5.75 Å². The van der Waals surface area contributed by atoms with Gasteiger partial charge in [0, 0.05) is 5.39 Å². The molecule has 2 aromatic heterocycles. The monoisotopic (exact) mass is 641 g/mol. The smallest absolute Gasteiger partial charge is 0.459 e. The number of aromatic nitrogens is 3. The summed E-state index contributed by atoms with van der Waals surface area (Å²) < 4.78 is 39.3. The number of esters is 1. The van der Waals surface area contributed by atoms with Crippen LogP contribution in [0.3, 0.4) is 0 Å². The summed E-state index contributed by atoms with van der Waals surface area (Å²) in [6, 6.07) is 14.9. The Kier molecular flexibility index (Phi) is 9.78. The summed E-state index contributed by atoms with van der Waals surface area (Å²) >= 11 is 0. The van der Waals surface area contributed by atoms with E-state index in [0.29, 0.717) is 16.6 Å². The molecule has 1 aliphatic heterocycles. The lowest BCUT2D eigenvalue weighted by Gasteiger charge is -2.28.